The summed E-state index contributed by atoms with van der Waals surface area (Å²) in [6.45, 7) is -0.262. The molecular formula is C21H18N4O4. The van der Waals surface area contributed by atoms with Crippen LogP contribution in [0.3, 0.4) is 0 Å². The summed E-state index contributed by atoms with van der Waals surface area (Å²) in [5.74, 6) is -0.249. The van der Waals surface area contributed by atoms with Gasteiger partial charge >= 0.3 is 0 Å². The first-order chi connectivity index (χ1) is 14.1. The molecule has 1 aromatic heterocycles. The highest BCUT2D eigenvalue weighted by atomic mass is 16.5. The predicted octanol–water partition coefficient (Wildman–Crippen LogP) is 2.01. The number of likely N-dealkylation sites (tertiary alicyclic amines) is 1. The Labute approximate surface area is 166 Å². The highest BCUT2D eigenvalue weighted by Crippen LogP contribution is 2.52. The van der Waals surface area contributed by atoms with Crippen molar-refractivity contribution in [3.05, 3.63) is 55.0 Å². The number of amides is 3. The van der Waals surface area contributed by atoms with Crippen LogP contribution in [0.15, 0.2) is 55.0 Å². The number of aromatic nitrogens is 2. The minimum absolute atomic E-state index is 0.136. The first-order valence-corrected chi connectivity index (χ1v) is 9.47. The van der Waals surface area contributed by atoms with Crippen LogP contribution in [-0.2, 0) is 14.4 Å². The van der Waals surface area contributed by atoms with Gasteiger partial charge in [-0.3, -0.25) is 24.3 Å². The maximum atomic E-state index is 12.7. The van der Waals surface area contributed by atoms with E-state index in [9.17, 15) is 14.4 Å². The molecule has 1 aromatic carbocycles. The molecule has 1 saturated carbocycles. The summed E-state index contributed by atoms with van der Waals surface area (Å²) in [5.41, 5.74) is 0.544. The molecule has 0 radical (unpaired) electrons. The van der Waals surface area contributed by atoms with E-state index in [0.29, 0.717) is 17.3 Å². The van der Waals surface area contributed by atoms with E-state index < -0.39 is 5.91 Å². The predicted molar refractivity (Wildman–Crippen MR) is 102 cm³/mol. The van der Waals surface area contributed by atoms with Gasteiger partial charge in [-0.25, -0.2) is 4.98 Å². The van der Waals surface area contributed by atoms with Crippen molar-refractivity contribution < 1.29 is 19.1 Å². The third-order valence-electron chi connectivity index (χ3n) is 5.76. The zero-order valence-corrected chi connectivity index (χ0v) is 15.4. The lowest BCUT2D eigenvalue weighted by molar-refractivity contribution is -0.143. The number of hydrogen-bond donors (Lipinski definition) is 1. The fraction of sp³-hybridized carbons (Fsp3) is 0.286. The van der Waals surface area contributed by atoms with Crippen LogP contribution >= 0.6 is 0 Å². The van der Waals surface area contributed by atoms with E-state index in [4.69, 9.17) is 4.74 Å². The average Bonchev–Trinajstić information content (AvgIpc) is 3.40. The smallest absolute Gasteiger partial charge is 0.244 e. The fourth-order valence-electron chi connectivity index (χ4n) is 4.53. The zero-order valence-electron chi connectivity index (χ0n) is 15.4. The Morgan fingerprint density at radius 2 is 1.76 bits per heavy atom. The number of fused-ring (bicyclic) bond motifs is 5. The summed E-state index contributed by atoms with van der Waals surface area (Å²) in [5, 5.41) is 2.72. The van der Waals surface area contributed by atoms with Gasteiger partial charge in [0.15, 0.2) is 0 Å². The number of hydrogen-bond acceptors (Lipinski definition) is 6. The molecule has 2 bridgehead atoms. The number of nitrogens with zero attached hydrogens (tertiary/aromatic N) is 3. The highest BCUT2D eigenvalue weighted by molar-refractivity contribution is 6.09. The first-order valence-electron chi connectivity index (χ1n) is 9.47. The van der Waals surface area contributed by atoms with Gasteiger partial charge in [-0.05, 0) is 42.5 Å². The monoisotopic (exact) mass is 390 g/mol. The molecule has 4 atom stereocenters. The molecule has 3 amide bonds. The molecule has 146 valence electrons. The van der Waals surface area contributed by atoms with Crippen LogP contribution in [0.25, 0.3) is 0 Å². The SMILES string of the molecule is O=C(CN1C(=O)[C@@H]2[C@H](C1=O)[C@H]1C=C[C@H]2C1)Nc1ccc(Oc2cnccn2)cc1. The Kier molecular flexibility index (Phi) is 4.12. The van der Waals surface area contributed by atoms with Crippen molar-refractivity contribution in [1.82, 2.24) is 14.9 Å². The molecule has 1 aliphatic heterocycles. The van der Waals surface area contributed by atoms with Crippen LogP contribution in [0.4, 0.5) is 5.69 Å². The summed E-state index contributed by atoms with van der Waals surface area (Å²) in [6.07, 6.45) is 9.51. The molecule has 2 aliphatic carbocycles. The molecule has 1 saturated heterocycles. The number of ether oxygens (including phenoxy) is 1. The molecule has 3 aliphatic rings. The van der Waals surface area contributed by atoms with Gasteiger partial charge in [0.05, 0.1) is 18.0 Å². The number of carbonyl (C=O) groups excluding carboxylic acids is 3. The van der Waals surface area contributed by atoms with Crippen LogP contribution in [0.2, 0.25) is 0 Å². The van der Waals surface area contributed by atoms with Gasteiger partial charge in [-0.1, -0.05) is 12.2 Å². The van der Waals surface area contributed by atoms with Crippen LogP contribution in [0.1, 0.15) is 6.42 Å². The first kappa shape index (κ1) is 17.5. The molecule has 2 fully saturated rings. The number of allylic oxidation sites excluding steroid dienone is 2. The van der Waals surface area contributed by atoms with Crippen molar-refractivity contribution in [3.8, 4) is 11.6 Å². The Morgan fingerprint density at radius 3 is 2.38 bits per heavy atom. The number of imide groups is 1. The van der Waals surface area contributed by atoms with E-state index in [2.05, 4.69) is 15.3 Å². The minimum Gasteiger partial charge on any atom is -0.438 e. The van der Waals surface area contributed by atoms with E-state index in [0.717, 1.165) is 11.3 Å². The van der Waals surface area contributed by atoms with Crippen molar-refractivity contribution >= 4 is 23.4 Å². The normalized spacial score (nSPS) is 26.7. The second-order valence-electron chi connectivity index (χ2n) is 7.48. The maximum Gasteiger partial charge on any atom is 0.244 e. The lowest BCUT2D eigenvalue weighted by Crippen LogP contribution is -2.39. The molecule has 8 nitrogen and oxygen atoms in total. The van der Waals surface area contributed by atoms with Crippen molar-refractivity contribution in [3.63, 3.8) is 0 Å². The van der Waals surface area contributed by atoms with Gasteiger partial charge in [0.1, 0.15) is 12.3 Å². The lowest BCUT2D eigenvalue weighted by atomic mass is 9.85. The number of carbonyl (C=O) groups is 3. The quantitative estimate of drug-likeness (QED) is 0.619. The molecule has 2 heterocycles. The van der Waals surface area contributed by atoms with Crippen molar-refractivity contribution in [2.75, 3.05) is 11.9 Å². The van der Waals surface area contributed by atoms with E-state index in [-0.39, 0.29) is 42.0 Å². The van der Waals surface area contributed by atoms with Gasteiger partial charge in [-0.15, -0.1) is 0 Å². The van der Waals surface area contributed by atoms with E-state index in [1.54, 1.807) is 30.5 Å². The Hall–Kier alpha value is -3.55. The van der Waals surface area contributed by atoms with Gasteiger partial charge < -0.3 is 10.1 Å². The zero-order chi connectivity index (χ0) is 20.0. The Balaban J connectivity index is 1.20. The van der Waals surface area contributed by atoms with E-state index in [1.165, 1.54) is 12.4 Å². The van der Waals surface area contributed by atoms with Gasteiger partial charge in [0.2, 0.25) is 23.6 Å². The van der Waals surface area contributed by atoms with Crippen LogP contribution < -0.4 is 10.1 Å². The highest BCUT2D eigenvalue weighted by Gasteiger charge is 2.59. The standard InChI is InChI=1S/C21H18N4O4/c26-16(11-25-20(27)18-12-1-2-13(9-12)19(18)21(25)28)24-14-3-5-15(6-4-14)29-17-10-22-7-8-23-17/h1-8,10,12-13,18-19H,9,11H2,(H,24,26)/t12-,13-,18-,19+/m0/s1. The van der Waals surface area contributed by atoms with Gasteiger partial charge in [-0.2, -0.15) is 0 Å². The molecular weight excluding hydrogens is 372 g/mol. The molecule has 0 spiro atoms. The Morgan fingerprint density at radius 1 is 1.07 bits per heavy atom. The van der Waals surface area contributed by atoms with E-state index >= 15 is 0 Å². The summed E-state index contributed by atoms with van der Waals surface area (Å²) < 4.78 is 5.55. The lowest BCUT2D eigenvalue weighted by Gasteiger charge is -2.16. The van der Waals surface area contributed by atoms with Crippen LogP contribution in [0.5, 0.6) is 11.6 Å². The number of anilines is 1. The van der Waals surface area contributed by atoms with E-state index in [1.807, 2.05) is 12.2 Å². The number of benzene rings is 1. The van der Waals surface area contributed by atoms with Crippen molar-refractivity contribution in [2.24, 2.45) is 23.7 Å². The van der Waals surface area contributed by atoms with Gasteiger partial charge in [0.25, 0.3) is 0 Å². The molecule has 29 heavy (non-hydrogen) atoms. The molecule has 1 N–H and O–H groups in total. The third-order valence-corrected chi connectivity index (χ3v) is 5.76. The second-order valence-corrected chi connectivity index (χ2v) is 7.48. The van der Waals surface area contributed by atoms with Crippen molar-refractivity contribution in [1.29, 1.82) is 0 Å². The number of rotatable bonds is 5. The third kappa shape index (κ3) is 3.06. The van der Waals surface area contributed by atoms with Crippen LogP contribution in [-0.4, -0.2) is 39.1 Å². The summed E-state index contributed by atoms with van der Waals surface area (Å²) in [4.78, 5) is 46.8. The largest absolute Gasteiger partial charge is 0.438 e. The summed E-state index contributed by atoms with van der Waals surface area (Å²) >= 11 is 0. The second kappa shape index (κ2) is 6.80. The maximum absolute atomic E-state index is 12.7. The minimum atomic E-state index is -0.408. The molecule has 0 unspecified atom stereocenters. The average molecular weight is 390 g/mol. The molecule has 2 aromatic rings. The summed E-state index contributed by atoms with van der Waals surface area (Å²) in [6, 6.07) is 6.72. The Bertz CT molecular complexity index is 975. The molecule has 5 rings (SSSR count). The van der Waals surface area contributed by atoms with Gasteiger partial charge in [0, 0.05) is 18.1 Å². The fourth-order valence-corrected chi connectivity index (χ4v) is 4.53. The summed E-state index contributed by atoms with van der Waals surface area (Å²) in [7, 11) is 0. The van der Waals surface area contributed by atoms with Crippen molar-refractivity contribution in [2.45, 2.75) is 6.42 Å². The molecule has 8 heteroatoms. The van der Waals surface area contributed by atoms with Crippen LogP contribution in [0, 0.1) is 23.7 Å². The number of nitrogens with one attached hydrogen (secondary N) is 1. The topological polar surface area (TPSA) is 101 Å².